The fourth-order valence-corrected chi connectivity index (χ4v) is 1.88. The van der Waals surface area contributed by atoms with Gasteiger partial charge in [-0.15, -0.1) is 0 Å². The van der Waals surface area contributed by atoms with Crippen LogP contribution in [0.2, 0.25) is 0 Å². The second kappa shape index (κ2) is 4.90. The van der Waals surface area contributed by atoms with Gasteiger partial charge in [-0.25, -0.2) is 0 Å². The van der Waals surface area contributed by atoms with Crippen LogP contribution < -0.4 is 0 Å². The molecule has 0 atom stereocenters. The summed E-state index contributed by atoms with van der Waals surface area (Å²) in [5.74, 6) is 0.105. The van der Waals surface area contributed by atoms with E-state index in [2.05, 4.69) is 4.98 Å². The number of rotatable bonds is 3. The van der Waals surface area contributed by atoms with Crippen LogP contribution in [-0.4, -0.2) is 39.6 Å². The Kier molecular flexibility index (Phi) is 3.48. The molecule has 0 unspecified atom stereocenters. The van der Waals surface area contributed by atoms with Gasteiger partial charge in [0.05, 0.1) is 13.1 Å². The van der Waals surface area contributed by atoms with E-state index in [0.717, 1.165) is 5.56 Å². The lowest BCUT2D eigenvalue weighted by atomic mass is 9.83. The standard InChI is InChI=1S/C14H18N2O2/c1-11(2)14(18)9-16(10-14)13(17)6-5-12-4-3-7-15-8-12/h3-8,11,18H,9-10H2,1-2H3. The molecule has 0 bridgehead atoms. The van der Waals surface area contributed by atoms with Gasteiger partial charge >= 0.3 is 0 Å². The van der Waals surface area contributed by atoms with Gasteiger partial charge in [-0.3, -0.25) is 9.78 Å². The van der Waals surface area contributed by atoms with Gasteiger partial charge in [0, 0.05) is 18.5 Å². The summed E-state index contributed by atoms with van der Waals surface area (Å²) in [5.41, 5.74) is 0.183. The minimum atomic E-state index is -0.711. The van der Waals surface area contributed by atoms with E-state index in [9.17, 15) is 9.90 Å². The lowest BCUT2D eigenvalue weighted by Gasteiger charge is -2.48. The Labute approximate surface area is 107 Å². The molecule has 1 fully saturated rings. The Bertz CT molecular complexity index is 448. The maximum Gasteiger partial charge on any atom is 0.246 e. The molecule has 0 aliphatic carbocycles. The van der Waals surface area contributed by atoms with Gasteiger partial charge in [-0.1, -0.05) is 19.9 Å². The molecule has 2 heterocycles. The highest BCUT2D eigenvalue weighted by Crippen LogP contribution is 2.28. The van der Waals surface area contributed by atoms with Crippen molar-refractivity contribution < 1.29 is 9.90 Å². The number of hydrogen-bond donors (Lipinski definition) is 1. The summed E-state index contributed by atoms with van der Waals surface area (Å²) in [7, 11) is 0. The van der Waals surface area contributed by atoms with Crippen molar-refractivity contribution in [3.05, 3.63) is 36.2 Å². The van der Waals surface area contributed by atoms with E-state index < -0.39 is 5.60 Å². The first-order valence-corrected chi connectivity index (χ1v) is 6.11. The molecule has 1 aliphatic rings. The molecule has 1 aromatic rings. The molecule has 4 nitrogen and oxygen atoms in total. The number of pyridine rings is 1. The molecule has 1 saturated heterocycles. The zero-order valence-corrected chi connectivity index (χ0v) is 10.7. The van der Waals surface area contributed by atoms with E-state index in [1.807, 2.05) is 26.0 Å². The van der Waals surface area contributed by atoms with E-state index >= 15 is 0 Å². The fraction of sp³-hybridized carbons (Fsp3) is 0.429. The number of β-amino-alcohol motifs (C(OH)–C–C–N with tert-alkyl or cyclic N) is 1. The minimum absolute atomic E-state index is 0.0656. The van der Waals surface area contributed by atoms with Gasteiger partial charge in [0.15, 0.2) is 0 Å². The molecule has 0 spiro atoms. The second-order valence-corrected chi connectivity index (χ2v) is 5.07. The van der Waals surface area contributed by atoms with Gasteiger partial charge < -0.3 is 10.0 Å². The lowest BCUT2D eigenvalue weighted by Crippen LogP contribution is -2.65. The number of nitrogens with zero attached hydrogens (tertiary/aromatic N) is 2. The Hall–Kier alpha value is -1.68. The molecule has 4 heteroatoms. The first-order chi connectivity index (χ1) is 8.51. The predicted molar refractivity (Wildman–Crippen MR) is 69.6 cm³/mol. The van der Waals surface area contributed by atoms with Crippen LogP contribution in [0.5, 0.6) is 0 Å². The third kappa shape index (κ3) is 2.59. The first-order valence-electron chi connectivity index (χ1n) is 6.11. The quantitative estimate of drug-likeness (QED) is 0.818. The van der Waals surface area contributed by atoms with Crippen LogP contribution in [-0.2, 0) is 4.79 Å². The van der Waals surface area contributed by atoms with Crippen molar-refractivity contribution in [2.24, 2.45) is 5.92 Å². The molecule has 1 aromatic heterocycles. The second-order valence-electron chi connectivity index (χ2n) is 5.07. The molecule has 1 N–H and O–H groups in total. The molecule has 18 heavy (non-hydrogen) atoms. The summed E-state index contributed by atoms with van der Waals surface area (Å²) in [6, 6.07) is 3.71. The molecular weight excluding hydrogens is 228 g/mol. The van der Waals surface area contributed by atoms with E-state index in [4.69, 9.17) is 0 Å². The first kappa shape index (κ1) is 12.8. The van der Waals surface area contributed by atoms with Gasteiger partial charge in [0.1, 0.15) is 5.60 Å². The van der Waals surface area contributed by atoms with E-state index in [0.29, 0.717) is 13.1 Å². The van der Waals surface area contributed by atoms with Crippen LogP contribution in [0.3, 0.4) is 0 Å². The zero-order chi connectivity index (χ0) is 13.2. The van der Waals surface area contributed by atoms with Crippen molar-refractivity contribution in [3.8, 4) is 0 Å². The lowest BCUT2D eigenvalue weighted by molar-refractivity contribution is -0.158. The van der Waals surface area contributed by atoms with Gasteiger partial charge in [-0.05, 0) is 23.6 Å². The van der Waals surface area contributed by atoms with Crippen LogP contribution >= 0.6 is 0 Å². The molecule has 96 valence electrons. The van der Waals surface area contributed by atoms with Crippen LogP contribution in [0, 0.1) is 5.92 Å². The molecule has 1 aliphatic heterocycles. The highest BCUT2D eigenvalue weighted by atomic mass is 16.3. The average Bonchev–Trinajstić information content (AvgIpc) is 2.33. The van der Waals surface area contributed by atoms with Crippen LogP contribution in [0.25, 0.3) is 6.08 Å². The number of aromatic nitrogens is 1. The molecule has 0 radical (unpaired) electrons. The Morgan fingerprint density at radius 2 is 2.28 bits per heavy atom. The molecule has 0 saturated carbocycles. The van der Waals surface area contributed by atoms with Gasteiger partial charge in [0.25, 0.3) is 0 Å². The Balaban J connectivity index is 1.90. The van der Waals surface area contributed by atoms with Gasteiger partial charge in [0.2, 0.25) is 5.91 Å². The van der Waals surface area contributed by atoms with Crippen molar-refractivity contribution >= 4 is 12.0 Å². The van der Waals surface area contributed by atoms with Crippen LogP contribution in [0.1, 0.15) is 19.4 Å². The highest BCUT2D eigenvalue weighted by Gasteiger charge is 2.45. The summed E-state index contributed by atoms with van der Waals surface area (Å²) in [6.45, 7) is 4.77. The van der Waals surface area contributed by atoms with Crippen molar-refractivity contribution in [3.63, 3.8) is 0 Å². The highest BCUT2D eigenvalue weighted by molar-refractivity contribution is 5.92. The van der Waals surface area contributed by atoms with E-state index in [1.54, 1.807) is 23.4 Å². The number of likely N-dealkylation sites (tertiary alicyclic amines) is 1. The van der Waals surface area contributed by atoms with E-state index in [1.165, 1.54) is 6.08 Å². The average molecular weight is 246 g/mol. The number of carbonyl (C=O) groups is 1. The zero-order valence-electron chi connectivity index (χ0n) is 10.7. The maximum absolute atomic E-state index is 11.8. The number of amides is 1. The summed E-state index contributed by atoms with van der Waals surface area (Å²) in [6.07, 6.45) is 6.65. The third-order valence-electron chi connectivity index (χ3n) is 3.42. The summed E-state index contributed by atoms with van der Waals surface area (Å²) in [4.78, 5) is 17.4. The molecular formula is C14H18N2O2. The fourth-order valence-electron chi connectivity index (χ4n) is 1.88. The van der Waals surface area contributed by atoms with Crippen molar-refractivity contribution in [2.45, 2.75) is 19.4 Å². The minimum Gasteiger partial charge on any atom is -0.386 e. The number of carbonyl (C=O) groups excluding carboxylic acids is 1. The predicted octanol–water partition coefficient (Wildman–Crippen LogP) is 1.32. The van der Waals surface area contributed by atoms with Crippen LogP contribution in [0.4, 0.5) is 0 Å². The summed E-state index contributed by atoms with van der Waals surface area (Å²) >= 11 is 0. The number of aliphatic hydroxyl groups is 1. The van der Waals surface area contributed by atoms with E-state index in [-0.39, 0.29) is 11.8 Å². The molecule has 1 amide bonds. The summed E-state index contributed by atoms with van der Waals surface area (Å²) < 4.78 is 0. The third-order valence-corrected chi connectivity index (χ3v) is 3.42. The summed E-state index contributed by atoms with van der Waals surface area (Å²) in [5, 5.41) is 10.1. The topological polar surface area (TPSA) is 53.4 Å². The molecule has 0 aromatic carbocycles. The van der Waals surface area contributed by atoms with Crippen molar-refractivity contribution in [2.75, 3.05) is 13.1 Å². The van der Waals surface area contributed by atoms with Gasteiger partial charge in [-0.2, -0.15) is 0 Å². The Morgan fingerprint density at radius 1 is 1.56 bits per heavy atom. The Morgan fingerprint density at radius 3 is 2.83 bits per heavy atom. The SMILES string of the molecule is CC(C)C1(O)CN(C(=O)C=Cc2cccnc2)C1. The number of hydrogen-bond acceptors (Lipinski definition) is 3. The van der Waals surface area contributed by atoms with Crippen molar-refractivity contribution in [1.82, 2.24) is 9.88 Å². The smallest absolute Gasteiger partial charge is 0.246 e. The maximum atomic E-state index is 11.8. The monoisotopic (exact) mass is 246 g/mol. The normalized spacial score (nSPS) is 18.1. The van der Waals surface area contributed by atoms with Crippen LogP contribution in [0.15, 0.2) is 30.6 Å². The molecule has 2 rings (SSSR count). The van der Waals surface area contributed by atoms with Crippen molar-refractivity contribution in [1.29, 1.82) is 0 Å². The largest absolute Gasteiger partial charge is 0.386 e.